The van der Waals surface area contributed by atoms with Gasteiger partial charge in [0.2, 0.25) is 11.8 Å². The van der Waals surface area contributed by atoms with Crippen LogP contribution < -0.4 is 9.62 Å². The van der Waals surface area contributed by atoms with Gasteiger partial charge < -0.3 is 10.2 Å². The first-order valence-electron chi connectivity index (χ1n) is 11.9. The van der Waals surface area contributed by atoms with E-state index in [1.54, 1.807) is 57.2 Å². The molecule has 1 atom stereocenters. The van der Waals surface area contributed by atoms with E-state index in [1.807, 2.05) is 0 Å². The molecule has 2 amide bonds. The molecule has 3 rings (SSSR count). The number of amides is 2. The Morgan fingerprint density at radius 2 is 1.46 bits per heavy atom. The number of halogens is 4. The number of sulfonamides is 1. The van der Waals surface area contributed by atoms with Crippen molar-refractivity contribution in [3.8, 4) is 0 Å². The van der Waals surface area contributed by atoms with E-state index in [1.165, 1.54) is 35.2 Å². The van der Waals surface area contributed by atoms with Gasteiger partial charge in [0.05, 0.1) is 20.6 Å². The van der Waals surface area contributed by atoms with Gasteiger partial charge >= 0.3 is 0 Å². The summed E-state index contributed by atoms with van der Waals surface area (Å²) in [4.78, 5) is 28.1. The third kappa shape index (κ3) is 8.02. The van der Waals surface area contributed by atoms with Gasteiger partial charge in [-0.1, -0.05) is 70.7 Å². The van der Waals surface area contributed by atoms with Gasteiger partial charge in [-0.25, -0.2) is 8.42 Å². The highest BCUT2D eigenvalue weighted by Gasteiger charge is 2.33. The molecule has 7 nitrogen and oxygen atoms in total. The first-order valence-corrected chi connectivity index (χ1v) is 14.8. The lowest BCUT2D eigenvalue weighted by Gasteiger charge is -2.32. The molecule has 0 saturated heterocycles. The lowest BCUT2D eigenvalue weighted by molar-refractivity contribution is -0.139. The van der Waals surface area contributed by atoms with Crippen LogP contribution in [0.3, 0.4) is 0 Å². The average Bonchev–Trinajstić information content (AvgIpc) is 2.86. The molecule has 12 heteroatoms. The molecule has 0 spiro atoms. The Morgan fingerprint density at radius 1 is 0.846 bits per heavy atom. The van der Waals surface area contributed by atoms with Crippen molar-refractivity contribution in [2.45, 2.75) is 44.3 Å². The van der Waals surface area contributed by atoms with Crippen molar-refractivity contribution in [2.24, 2.45) is 0 Å². The molecule has 0 heterocycles. The van der Waals surface area contributed by atoms with Crippen molar-refractivity contribution in [3.63, 3.8) is 0 Å². The van der Waals surface area contributed by atoms with E-state index in [-0.39, 0.29) is 38.2 Å². The summed E-state index contributed by atoms with van der Waals surface area (Å²) >= 11 is 24.6. The number of rotatable bonds is 10. The van der Waals surface area contributed by atoms with Gasteiger partial charge in [-0.2, -0.15) is 0 Å². The maximum atomic E-state index is 13.9. The number of hydrogen-bond donors (Lipinski definition) is 1. The highest BCUT2D eigenvalue weighted by molar-refractivity contribution is 7.92. The van der Waals surface area contributed by atoms with Crippen molar-refractivity contribution in [1.82, 2.24) is 10.2 Å². The maximum Gasteiger partial charge on any atom is 0.264 e. The Morgan fingerprint density at radius 3 is 2.03 bits per heavy atom. The number of carbonyl (C=O) groups is 2. The summed E-state index contributed by atoms with van der Waals surface area (Å²) in [5.74, 6) is -1.04. The second-order valence-corrected chi connectivity index (χ2v) is 12.6. The van der Waals surface area contributed by atoms with E-state index in [0.29, 0.717) is 10.6 Å². The van der Waals surface area contributed by atoms with Crippen LogP contribution in [0.25, 0.3) is 0 Å². The van der Waals surface area contributed by atoms with E-state index < -0.39 is 34.4 Å². The van der Waals surface area contributed by atoms with E-state index in [9.17, 15) is 18.0 Å². The number of carbonyl (C=O) groups excluding carboxylic acids is 2. The van der Waals surface area contributed by atoms with Gasteiger partial charge in [-0.15, -0.1) is 0 Å². The quantitative estimate of drug-likeness (QED) is 0.279. The molecule has 3 aromatic carbocycles. The van der Waals surface area contributed by atoms with Crippen molar-refractivity contribution in [3.05, 3.63) is 92.4 Å². The molecule has 0 aliphatic rings. The van der Waals surface area contributed by atoms with E-state index in [4.69, 9.17) is 46.4 Å². The van der Waals surface area contributed by atoms with Crippen LogP contribution in [0.1, 0.15) is 26.3 Å². The number of benzene rings is 3. The fourth-order valence-corrected chi connectivity index (χ4v) is 6.01. The highest BCUT2D eigenvalue weighted by Crippen LogP contribution is 2.30. The SMILES string of the molecule is CC(C)NC(=O)[C@@H](C)N(Cc1ccc(Cl)c(Cl)c1)C(=O)CN(c1cc(Cl)cc(Cl)c1)S(=O)(=O)c1ccccc1. The summed E-state index contributed by atoms with van der Waals surface area (Å²) in [6.45, 7) is 4.51. The number of nitrogens with one attached hydrogen (secondary N) is 1. The van der Waals surface area contributed by atoms with E-state index in [2.05, 4.69) is 5.32 Å². The zero-order chi connectivity index (χ0) is 28.9. The molecule has 208 valence electrons. The second-order valence-electron chi connectivity index (χ2n) is 9.06. The molecule has 0 fully saturated rings. The number of hydrogen-bond acceptors (Lipinski definition) is 4. The molecule has 0 aliphatic carbocycles. The molecule has 0 unspecified atom stereocenters. The lowest BCUT2D eigenvalue weighted by Crippen LogP contribution is -2.52. The van der Waals surface area contributed by atoms with Crippen LogP contribution in [-0.4, -0.2) is 43.8 Å². The van der Waals surface area contributed by atoms with Gasteiger partial charge in [-0.05, 0) is 68.8 Å². The first-order chi connectivity index (χ1) is 18.3. The maximum absolute atomic E-state index is 13.9. The Hall–Kier alpha value is -2.49. The van der Waals surface area contributed by atoms with Gasteiger partial charge in [0, 0.05) is 22.6 Å². The summed E-state index contributed by atoms with van der Waals surface area (Å²) in [7, 11) is -4.24. The molecule has 0 radical (unpaired) electrons. The molecule has 3 aromatic rings. The fourth-order valence-electron chi connectivity index (χ4n) is 3.75. The molecule has 0 aliphatic heterocycles. The van der Waals surface area contributed by atoms with Crippen molar-refractivity contribution in [1.29, 1.82) is 0 Å². The standard InChI is InChI=1S/C27H27Cl4N3O4S/c1-17(2)32-27(36)18(3)33(15-19-9-10-24(30)25(31)11-19)26(35)16-34(22-13-20(28)12-21(29)14-22)39(37,38)23-7-5-4-6-8-23/h4-14,17-18H,15-16H2,1-3H3,(H,32,36)/t18-/m1/s1. The topological polar surface area (TPSA) is 86.8 Å². The molecule has 39 heavy (non-hydrogen) atoms. The van der Waals surface area contributed by atoms with Crippen molar-refractivity contribution < 1.29 is 18.0 Å². The molecule has 0 aromatic heterocycles. The zero-order valence-corrected chi connectivity index (χ0v) is 25.2. The third-order valence-corrected chi connectivity index (χ3v) is 8.64. The van der Waals surface area contributed by atoms with Gasteiger partial charge in [-0.3, -0.25) is 13.9 Å². The first kappa shape index (κ1) is 31.0. The lowest BCUT2D eigenvalue weighted by atomic mass is 10.1. The van der Waals surface area contributed by atoms with Crippen LogP contribution in [0.15, 0.2) is 71.6 Å². The molecule has 1 N–H and O–H groups in total. The van der Waals surface area contributed by atoms with Gasteiger partial charge in [0.15, 0.2) is 0 Å². The summed E-state index contributed by atoms with van der Waals surface area (Å²) < 4.78 is 28.4. The Kier molecular flexibility index (Phi) is 10.5. The van der Waals surface area contributed by atoms with Crippen LogP contribution >= 0.6 is 46.4 Å². The van der Waals surface area contributed by atoms with Crippen LogP contribution in [0.5, 0.6) is 0 Å². The Labute approximate surface area is 248 Å². The van der Waals surface area contributed by atoms with E-state index >= 15 is 0 Å². The molecular formula is C27H27Cl4N3O4S. The van der Waals surface area contributed by atoms with Crippen LogP contribution in [-0.2, 0) is 26.2 Å². The highest BCUT2D eigenvalue weighted by atomic mass is 35.5. The average molecular weight is 631 g/mol. The predicted octanol–water partition coefficient (Wildman–Crippen LogP) is 6.44. The molecule has 0 saturated carbocycles. The second kappa shape index (κ2) is 13.2. The largest absolute Gasteiger partial charge is 0.352 e. The monoisotopic (exact) mass is 629 g/mol. The predicted molar refractivity (Wildman–Crippen MR) is 157 cm³/mol. The minimum atomic E-state index is -4.24. The van der Waals surface area contributed by atoms with Crippen molar-refractivity contribution in [2.75, 3.05) is 10.8 Å². The number of nitrogens with zero attached hydrogens (tertiary/aromatic N) is 2. The van der Waals surface area contributed by atoms with E-state index in [0.717, 1.165) is 4.31 Å². The van der Waals surface area contributed by atoms with Crippen LogP contribution in [0.2, 0.25) is 20.1 Å². The van der Waals surface area contributed by atoms with Crippen LogP contribution in [0.4, 0.5) is 5.69 Å². The van der Waals surface area contributed by atoms with Crippen molar-refractivity contribution >= 4 is 73.9 Å². The van der Waals surface area contributed by atoms with Gasteiger partial charge in [0.1, 0.15) is 12.6 Å². The zero-order valence-electron chi connectivity index (χ0n) is 21.4. The minimum absolute atomic E-state index is 0.0298. The Balaban J connectivity index is 2.06. The molecular weight excluding hydrogens is 604 g/mol. The molecule has 0 bridgehead atoms. The fraction of sp³-hybridized carbons (Fsp3) is 0.259. The summed E-state index contributed by atoms with van der Waals surface area (Å²) in [6, 6.07) is 15.7. The summed E-state index contributed by atoms with van der Waals surface area (Å²) in [5.41, 5.74) is 0.698. The normalized spacial score (nSPS) is 12.2. The third-order valence-electron chi connectivity index (χ3n) is 5.68. The minimum Gasteiger partial charge on any atom is -0.352 e. The number of anilines is 1. The van der Waals surface area contributed by atoms with Crippen LogP contribution in [0, 0.1) is 0 Å². The Bertz CT molecular complexity index is 1430. The summed E-state index contributed by atoms with van der Waals surface area (Å²) in [5, 5.41) is 3.79. The summed E-state index contributed by atoms with van der Waals surface area (Å²) in [6.07, 6.45) is 0. The van der Waals surface area contributed by atoms with Gasteiger partial charge in [0.25, 0.3) is 10.0 Å². The smallest absolute Gasteiger partial charge is 0.264 e.